The Morgan fingerprint density at radius 2 is 1.41 bits per heavy atom. The number of carbonyl (C=O) groups is 5. The third-order valence-corrected chi connectivity index (χ3v) is 7.52. The predicted molar refractivity (Wildman–Crippen MR) is 167 cm³/mol. The number of carboxylic acid groups (broad SMARTS) is 2. The molecule has 4 aromatic rings. The molecule has 0 spiro atoms. The summed E-state index contributed by atoms with van der Waals surface area (Å²) >= 11 is 0. The highest BCUT2D eigenvalue weighted by Gasteiger charge is 2.50. The van der Waals surface area contributed by atoms with E-state index in [0.29, 0.717) is 0 Å². The van der Waals surface area contributed by atoms with Gasteiger partial charge in [-0.25, -0.2) is 4.39 Å². The number of carbonyl (C=O) groups excluding carboxylic acids is 3. The van der Waals surface area contributed by atoms with E-state index < -0.39 is 65.7 Å². The lowest BCUT2D eigenvalue weighted by molar-refractivity contribution is -0.164. The summed E-state index contributed by atoms with van der Waals surface area (Å²) in [5, 5.41) is 22.1. The number of hydrogen-bond donors (Lipinski definition) is 3. The first-order chi connectivity index (χ1) is 23.1. The van der Waals surface area contributed by atoms with E-state index in [4.69, 9.17) is 4.74 Å². The third-order valence-electron chi connectivity index (χ3n) is 7.52. The molecule has 0 unspecified atom stereocenters. The van der Waals surface area contributed by atoms with Crippen molar-refractivity contribution in [1.82, 2.24) is 4.90 Å². The van der Waals surface area contributed by atoms with Crippen LogP contribution in [0.1, 0.15) is 37.4 Å². The molecule has 0 fully saturated rings. The quantitative estimate of drug-likeness (QED) is 0.104. The van der Waals surface area contributed by atoms with Crippen LogP contribution in [0.15, 0.2) is 91.0 Å². The van der Waals surface area contributed by atoms with E-state index in [1.165, 1.54) is 73.6 Å². The third kappa shape index (κ3) is 7.75. The van der Waals surface area contributed by atoms with Gasteiger partial charge in [0.05, 0.1) is 28.8 Å². The van der Waals surface area contributed by atoms with Gasteiger partial charge in [0.2, 0.25) is 5.41 Å². The number of nitrogens with zero attached hydrogens (tertiary/aromatic N) is 1. The Kier molecular flexibility index (Phi) is 10.5. The Hall–Kier alpha value is -6.05. The number of hydrogen-bond acceptors (Lipinski definition) is 6. The number of rotatable bonds is 11. The fourth-order valence-corrected chi connectivity index (χ4v) is 4.92. The van der Waals surface area contributed by atoms with Crippen molar-refractivity contribution in [3.8, 4) is 11.1 Å². The van der Waals surface area contributed by atoms with Crippen LogP contribution in [0.4, 0.5) is 23.2 Å². The molecule has 0 heterocycles. The SMILES string of the molecule is CN(C)C(=O)c1cc(CC(=O)OCC(C(=O)O)(C(=O)O)c2ccccc2)ccc1NC(=O)c1cccc(F)c1-c1ccc(C(F)(F)F)cc1. The number of nitrogens with one attached hydrogen (secondary N) is 1. The Morgan fingerprint density at radius 3 is 1.98 bits per heavy atom. The molecule has 0 aliphatic heterocycles. The van der Waals surface area contributed by atoms with Gasteiger partial charge in [0, 0.05) is 19.7 Å². The Bertz CT molecular complexity index is 1900. The largest absolute Gasteiger partial charge is 0.480 e. The highest BCUT2D eigenvalue weighted by Crippen LogP contribution is 2.34. The second kappa shape index (κ2) is 14.4. The Labute approximate surface area is 276 Å². The average Bonchev–Trinajstić information content (AvgIpc) is 3.05. The van der Waals surface area contributed by atoms with Gasteiger partial charge in [-0.05, 0) is 53.1 Å². The zero-order valence-electron chi connectivity index (χ0n) is 25.9. The van der Waals surface area contributed by atoms with Gasteiger partial charge in [0.1, 0.15) is 12.4 Å². The highest BCUT2D eigenvalue weighted by molar-refractivity contribution is 6.12. The first-order valence-electron chi connectivity index (χ1n) is 14.4. The number of alkyl halides is 3. The summed E-state index contributed by atoms with van der Waals surface area (Å²) in [5.74, 6) is -6.91. The van der Waals surface area contributed by atoms with Crippen molar-refractivity contribution in [2.24, 2.45) is 0 Å². The smallest absolute Gasteiger partial charge is 0.416 e. The van der Waals surface area contributed by atoms with E-state index in [0.717, 1.165) is 30.3 Å². The van der Waals surface area contributed by atoms with E-state index in [1.54, 1.807) is 6.07 Å². The average molecular weight is 681 g/mol. The maximum Gasteiger partial charge on any atom is 0.416 e. The predicted octanol–water partition coefficient (Wildman–Crippen LogP) is 5.66. The van der Waals surface area contributed by atoms with Gasteiger partial charge in [-0.15, -0.1) is 0 Å². The van der Waals surface area contributed by atoms with E-state index in [2.05, 4.69) is 5.32 Å². The fraction of sp³-hybridized carbons (Fsp3) is 0.171. The van der Waals surface area contributed by atoms with Gasteiger partial charge in [-0.1, -0.05) is 54.6 Å². The molecular formula is C35H28F4N2O8. The molecule has 0 aliphatic rings. The molecule has 10 nitrogen and oxygen atoms in total. The molecule has 254 valence electrons. The summed E-state index contributed by atoms with van der Waals surface area (Å²) in [7, 11) is 2.84. The van der Waals surface area contributed by atoms with Crippen molar-refractivity contribution in [2.75, 3.05) is 26.0 Å². The van der Waals surface area contributed by atoms with Crippen LogP contribution in [0.5, 0.6) is 0 Å². The van der Waals surface area contributed by atoms with Crippen LogP contribution in [0.3, 0.4) is 0 Å². The van der Waals surface area contributed by atoms with Crippen molar-refractivity contribution in [3.05, 3.63) is 125 Å². The molecule has 3 N–H and O–H groups in total. The molecule has 0 saturated heterocycles. The first-order valence-corrected chi connectivity index (χ1v) is 14.4. The molecule has 2 amide bonds. The highest BCUT2D eigenvalue weighted by atomic mass is 19.4. The Morgan fingerprint density at radius 1 is 0.776 bits per heavy atom. The van der Waals surface area contributed by atoms with Crippen molar-refractivity contribution < 1.29 is 56.5 Å². The molecule has 0 aliphatic carbocycles. The summed E-state index contributed by atoms with van der Waals surface area (Å²) in [6.45, 7) is -1.03. The van der Waals surface area contributed by atoms with Crippen LogP contribution >= 0.6 is 0 Å². The number of amides is 2. The molecule has 4 rings (SSSR count). The molecule has 0 bridgehead atoms. The lowest BCUT2D eigenvalue weighted by Crippen LogP contribution is -2.48. The van der Waals surface area contributed by atoms with Crippen molar-refractivity contribution in [3.63, 3.8) is 0 Å². The number of anilines is 1. The molecule has 14 heteroatoms. The van der Waals surface area contributed by atoms with Crippen LogP contribution in [-0.4, -0.2) is 65.5 Å². The van der Waals surface area contributed by atoms with Crippen LogP contribution in [0.2, 0.25) is 0 Å². The van der Waals surface area contributed by atoms with E-state index in [-0.39, 0.29) is 39.1 Å². The maximum atomic E-state index is 15.0. The van der Waals surface area contributed by atoms with E-state index >= 15 is 4.39 Å². The van der Waals surface area contributed by atoms with Crippen molar-refractivity contribution in [1.29, 1.82) is 0 Å². The summed E-state index contributed by atoms with van der Waals surface area (Å²) in [6, 6.07) is 18.0. The van der Waals surface area contributed by atoms with Gasteiger partial charge in [0.15, 0.2) is 0 Å². The summed E-state index contributed by atoms with van der Waals surface area (Å²) in [6.07, 6.45) is -5.15. The zero-order chi connectivity index (χ0) is 36.1. The monoisotopic (exact) mass is 680 g/mol. The topological polar surface area (TPSA) is 150 Å². The zero-order valence-corrected chi connectivity index (χ0v) is 25.9. The fourth-order valence-electron chi connectivity index (χ4n) is 4.92. The van der Waals surface area contributed by atoms with Crippen molar-refractivity contribution >= 4 is 35.4 Å². The summed E-state index contributed by atoms with van der Waals surface area (Å²) in [5.41, 5.74) is -4.17. The van der Waals surface area contributed by atoms with Crippen LogP contribution in [0.25, 0.3) is 11.1 Å². The maximum absolute atomic E-state index is 15.0. The standard InChI is InChI=1S/C35H28F4N2O8/c1-41(2)31(44)25-17-20(18-28(42)49-19-34(32(45)46,33(47)48)22-7-4-3-5-8-22)11-16-27(25)40-30(43)24-9-6-10-26(36)29(24)21-12-14-23(15-13-21)35(37,38)39/h3-17H,18-19H2,1-2H3,(H,40,43)(H,45,46)(H,47,48). The number of esters is 1. The molecular weight excluding hydrogens is 652 g/mol. The Balaban J connectivity index is 1.60. The normalized spacial score (nSPS) is 11.4. The summed E-state index contributed by atoms with van der Waals surface area (Å²) < 4.78 is 59.4. The van der Waals surface area contributed by atoms with Gasteiger partial charge >= 0.3 is 24.1 Å². The number of benzene rings is 4. The van der Waals surface area contributed by atoms with E-state index in [9.17, 15) is 47.4 Å². The molecule has 0 saturated carbocycles. The number of ether oxygens (including phenoxy) is 1. The molecule has 0 radical (unpaired) electrons. The minimum atomic E-state index is -4.63. The van der Waals surface area contributed by atoms with Crippen LogP contribution < -0.4 is 5.32 Å². The number of aliphatic carboxylic acids is 2. The number of carboxylic acids is 2. The van der Waals surface area contributed by atoms with Crippen LogP contribution in [0, 0.1) is 5.82 Å². The summed E-state index contributed by atoms with van der Waals surface area (Å²) in [4.78, 5) is 64.8. The molecule has 0 atom stereocenters. The minimum Gasteiger partial charge on any atom is -0.480 e. The van der Waals surface area contributed by atoms with Gasteiger partial charge in [-0.3, -0.25) is 24.0 Å². The van der Waals surface area contributed by atoms with Crippen molar-refractivity contribution in [2.45, 2.75) is 18.0 Å². The molecule has 49 heavy (non-hydrogen) atoms. The van der Waals surface area contributed by atoms with E-state index in [1.807, 2.05) is 0 Å². The number of halogens is 4. The second-order valence-corrected chi connectivity index (χ2v) is 11.0. The first kappa shape index (κ1) is 35.8. The van der Waals surface area contributed by atoms with Gasteiger partial charge in [-0.2, -0.15) is 13.2 Å². The van der Waals surface area contributed by atoms with Gasteiger partial charge in [0.25, 0.3) is 11.8 Å². The lowest BCUT2D eigenvalue weighted by atomic mass is 9.81. The van der Waals surface area contributed by atoms with Crippen LogP contribution in [-0.2, 0) is 37.1 Å². The van der Waals surface area contributed by atoms with Gasteiger partial charge < -0.3 is 25.2 Å². The molecule has 0 aromatic heterocycles. The molecule has 4 aromatic carbocycles. The minimum absolute atomic E-state index is 0.00298. The second-order valence-electron chi connectivity index (χ2n) is 11.0. The lowest BCUT2D eigenvalue weighted by Gasteiger charge is -2.25.